The minimum Gasteiger partial charge on any atom is -0.383 e. The number of hydrogen-bond acceptors (Lipinski definition) is 6. The third-order valence-electron chi connectivity index (χ3n) is 7.50. The first kappa shape index (κ1) is 29.0. The normalized spacial score (nSPS) is 15.0. The second kappa shape index (κ2) is 11.8. The van der Waals surface area contributed by atoms with Crippen LogP contribution in [0.4, 0.5) is 13.2 Å². The highest BCUT2D eigenvalue weighted by molar-refractivity contribution is 6.02. The summed E-state index contributed by atoms with van der Waals surface area (Å²) >= 11 is 0. The van der Waals surface area contributed by atoms with Gasteiger partial charge in [0.05, 0.1) is 22.8 Å². The Morgan fingerprint density at radius 2 is 1.81 bits per heavy atom. The van der Waals surface area contributed by atoms with E-state index in [1.165, 1.54) is 12.1 Å². The fourth-order valence-electron chi connectivity index (χ4n) is 5.63. The van der Waals surface area contributed by atoms with E-state index in [0.29, 0.717) is 17.2 Å². The molecule has 1 aliphatic carbocycles. The lowest BCUT2D eigenvalue weighted by Gasteiger charge is -2.24. The molecule has 4 aromatic rings. The van der Waals surface area contributed by atoms with Gasteiger partial charge in [-0.1, -0.05) is 55.7 Å². The topological polar surface area (TPSA) is 119 Å². The average Bonchev–Trinajstić information content (AvgIpc) is 3.54. The molecule has 5 rings (SSSR count). The summed E-state index contributed by atoms with van der Waals surface area (Å²) in [5.74, 6) is -3.16. The molecule has 0 saturated heterocycles. The Hall–Kier alpha value is -4.48. The monoisotopic (exact) mass is 581 g/mol. The van der Waals surface area contributed by atoms with Crippen LogP contribution in [0.2, 0.25) is 0 Å². The zero-order valence-electron chi connectivity index (χ0n) is 23.1. The van der Waals surface area contributed by atoms with E-state index < -0.39 is 24.2 Å². The molecule has 2 aromatic carbocycles. The van der Waals surface area contributed by atoms with Crippen LogP contribution >= 0.6 is 0 Å². The number of fused-ring (bicyclic) bond motifs is 1. The SMILES string of the molecule is Cc1nc(C(C)NC(=O)Cn2c(-c3ccccc3)c(C3CCCCC3)c3ccc(C(=O)OC(=O)C(F)(F)F)cc32)n[nH]1. The molecule has 2 N–H and O–H groups in total. The number of carbonyl (C=O) groups excluding carboxylic acids is 3. The summed E-state index contributed by atoms with van der Waals surface area (Å²) in [6.45, 7) is 3.35. The predicted molar refractivity (Wildman–Crippen MR) is 147 cm³/mol. The van der Waals surface area contributed by atoms with Gasteiger partial charge in [-0.25, -0.2) is 14.6 Å². The number of esters is 2. The quantitative estimate of drug-likeness (QED) is 0.207. The number of halogens is 3. The number of H-pyrrole nitrogens is 1. The Kier molecular flexibility index (Phi) is 8.15. The van der Waals surface area contributed by atoms with Crippen molar-refractivity contribution in [3.05, 3.63) is 71.3 Å². The Balaban J connectivity index is 1.62. The predicted octanol–water partition coefficient (Wildman–Crippen LogP) is 5.91. The zero-order valence-corrected chi connectivity index (χ0v) is 23.1. The summed E-state index contributed by atoms with van der Waals surface area (Å²) in [6.07, 6.45) is -0.217. The molecule has 0 spiro atoms. The third kappa shape index (κ3) is 6.07. The van der Waals surface area contributed by atoms with Gasteiger partial charge in [-0.15, -0.1) is 0 Å². The van der Waals surface area contributed by atoms with Crippen molar-refractivity contribution in [3.8, 4) is 11.3 Å². The van der Waals surface area contributed by atoms with Crippen molar-refractivity contribution in [2.24, 2.45) is 0 Å². The molecule has 2 aromatic heterocycles. The van der Waals surface area contributed by atoms with Gasteiger partial charge in [0.1, 0.15) is 12.4 Å². The standard InChI is InChI=1S/C30H30F3N5O4/c1-17(27-35-18(2)36-37-27)34-24(39)16-38-23-15-21(28(40)42-29(41)30(31,32)33)13-14-22(23)25(19-9-5-3-6-10-19)26(38)20-11-7-4-8-12-20/h4,7-8,11-15,17,19H,3,5-6,9-10,16H2,1-2H3,(H,34,39)(H,35,36,37). The number of aromatic amines is 1. The number of amides is 1. The number of hydrogen-bond donors (Lipinski definition) is 2. The molecule has 1 atom stereocenters. The summed E-state index contributed by atoms with van der Waals surface area (Å²) in [4.78, 5) is 41.7. The van der Waals surface area contributed by atoms with E-state index in [4.69, 9.17) is 0 Å². The van der Waals surface area contributed by atoms with Crippen LogP contribution in [0, 0.1) is 6.92 Å². The molecular weight excluding hydrogens is 551 g/mol. The smallest absolute Gasteiger partial charge is 0.383 e. The van der Waals surface area contributed by atoms with Gasteiger partial charge >= 0.3 is 18.1 Å². The highest BCUT2D eigenvalue weighted by atomic mass is 19.4. The lowest BCUT2D eigenvalue weighted by molar-refractivity contribution is -0.193. The number of aryl methyl sites for hydroxylation is 1. The Labute approximate surface area is 239 Å². The van der Waals surface area contributed by atoms with Crippen LogP contribution in [0.1, 0.15) is 78.6 Å². The number of rotatable bonds is 7. The Bertz CT molecular complexity index is 1620. The van der Waals surface area contributed by atoms with Gasteiger partial charge in [0.25, 0.3) is 0 Å². The minimum atomic E-state index is -5.31. The Morgan fingerprint density at radius 3 is 2.45 bits per heavy atom. The molecule has 1 unspecified atom stereocenters. The molecule has 1 aliphatic rings. The van der Waals surface area contributed by atoms with Crippen LogP contribution in [0.5, 0.6) is 0 Å². The summed E-state index contributed by atoms with van der Waals surface area (Å²) in [6, 6.07) is 13.4. The minimum absolute atomic E-state index is 0.152. The largest absolute Gasteiger partial charge is 0.491 e. The number of benzene rings is 2. The van der Waals surface area contributed by atoms with Gasteiger partial charge in [0, 0.05) is 5.39 Å². The van der Waals surface area contributed by atoms with Gasteiger partial charge in [-0.2, -0.15) is 18.3 Å². The maximum Gasteiger partial charge on any atom is 0.491 e. The van der Waals surface area contributed by atoms with Crippen LogP contribution in [0.25, 0.3) is 22.2 Å². The molecule has 42 heavy (non-hydrogen) atoms. The van der Waals surface area contributed by atoms with Gasteiger partial charge in [-0.05, 0) is 55.9 Å². The number of carbonyl (C=O) groups is 3. The molecule has 0 bridgehead atoms. The fourth-order valence-corrected chi connectivity index (χ4v) is 5.63. The van der Waals surface area contributed by atoms with E-state index in [9.17, 15) is 27.6 Å². The van der Waals surface area contributed by atoms with Crippen molar-refractivity contribution < 1.29 is 32.3 Å². The third-order valence-corrected chi connectivity index (χ3v) is 7.50. The highest BCUT2D eigenvalue weighted by Gasteiger charge is 2.42. The lowest BCUT2D eigenvalue weighted by Crippen LogP contribution is -2.31. The fraction of sp³-hybridized carbons (Fsp3) is 0.367. The van der Waals surface area contributed by atoms with Gasteiger partial charge < -0.3 is 14.6 Å². The second-order valence-corrected chi connectivity index (χ2v) is 10.5. The number of alkyl halides is 3. The molecule has 1 saturated carbocycles. The van der Waals surface area contributed by atoms with Gasteiger partial charge in [-0.3, -0.25) is 9.89 Å². The van der Waals surface area contributed by atoms with E-state index >= 15 is 0 Å². The number of ether oxygens (including phenoxy) is 1. The van der Waals surface area contributed by atoms with Crippen molar-refractivity contribution in [1.29, 1.82) is 0 Å². The van der Waals surface area contributed by atoms with Crippen molar-refractivity contribution >= 4 is 28.7 Å². The van der Waals surface area contributed by atoms with Crippen LogP contribution in [0.3, 0.4) is 0 Å². The Morgan fingerprint density at radius 1 is 1.10 bits per heavy atom. The van der Waals surface area contributed by atoms with E-state index in [-0.39, 0.29) is 23.9 Å². The van der Waals surface area contributed by atoms with Gasteiger partial charge in [0.15, 0.2) is 5.82 Å². The molecule has 0 aliphatic heterocycles. The van der Waals surface area contributed by atoms with Crippen molar-refractivity contribution in [2.45, 2.75) is 70.6 Å². The summed E-state index contributed by atoms with van der Waals surface area (Å²) in [7, 11) is 0. The molecule has 1 amide bonds. The molecule has 2 heterocycles. The van der Waals surface area contributed by atoms with Crippen LogP contribution in [-0.4, -0.2) is 43.8 Å². The number of nitrogens with one attached hydrogen (secondary N) is 2. The van der Waals surface area contributed by atoms with Crippen molar-refractivity contribution in [2.75, 3.05) is 0 Å². The molecule has 1 fully saturated rings. The van der Waals surface area contributed by atoms with Crippen LogP contribution < -0.4 is 5.32 Å². The maximum absolute atomic E-state index is 13.4. The average molecular weight is 582 g/mol. The zero-order chi connectivity index (χ0) is 30.0. The lowest BCUT2D eigenvalue weighted by atomic mass is 9.82. The van der Waals surface area contributed by atoms with Gasteiger partial charge in [0.2, 0.25) is 5.91 Å². The highest BCUT2D eigenvalue weighted by Crippen LogP contribution is 2.44. The molecule has 12 heteroatoms. The first-order chi connectivity index (χ1) is 20.0. The van der Waals surface area contributed by atoms with Crippen molar-refractivity contribution in [1.82, 2.24) is 25.1 Å². The molecule has 9 nitrogen and oxygen atoms in total. The second-order valence-electron chi connectivity index (χ2n) is 10.5. The van der Waals surface area contributed by atoms with E-state index in [0.717, 1.165) is 54.3 Å². The number of aromatic nitrogens is 4. The molecule has 220 valence electrons. The van der Waals surface area contributed by atoms with Crippen LogP contribution in [-0.2, 0) is 20.9 Å². The maximum atomic E-state index is 13.4. The van der Waals surface area contributed by atoms with Crippen molar-refractivity contribution in [3.63, 3.8) is 0 Å². The van der Waals surface area contributed by atoms with Crippen LogP contribution in [0.15, 0.2) is 48.5 Å². The van der Waals surface area contributed by atoms with E-state index in [1.54, 1.807) is 24.5 Å². The first-order valence-corrected chi connectivity index (χ1v) is 13.8. The summed E-state index contributed by atoms with van der Waals surface area (Å²) in [5.41, 5.74) is 2.91. The van der Waals surface area contributed by atoms with E-state index in [2.05, 4.69) is 25.2 Å². The molecule has 0 radical (unpaired) electrons. The number of nitrogens with zero attached hydrogens (tertiary/aromatic N) is 3. The van der Waals surface area contributed by atoms with E-state index in [1.807, 2.05) is 30.3 Å². The molecular formula is C30H30F3N5O4. The summed E-state index contributed by atoms with van der Waals surface area (Å²) < 4.78 is 44.2. The first-order valence-electron chi connectivity index (χ1n) is 13.8. The summed E-state index contributed by atoms with van der Waals surface area (Å²) in [5, 5.41) is 10.5.